The molecule has 0 bridgehead atoms. The zero-order valence-electron chi connectivity index (χ0n) is 12.4. The van der Waals surface area contributed by atoms with Crippen LogP contribution in [0.1, 0.15) is 12.5 Å². The minimum atomic E-state index is -0.793. The van der Waals surface area contributed by atoms with Gasteiger partial charge in [-0.25, -0.2) is 18.6 Å². The molecule has 1 aromatic carbocycles. The minimum absolute atomic E-state index is 0.0980. The number of pyridine rings is 1. The summed E-state index contributed by atoms with van der Waals surface area (Å²) in [7, 11) is 0. The van der Waals surface area contributed by atoms with Crippen LogP contribution in [0.15, 0.2) is 36.5 Å². The summed E-state index contributed by atoms with van der Waals surface area (Å²) in [5.74, 6) is -1.37. The van der Waals surface area contributed by atoms with Gasteiger partial charge in [-0.1, -0.05) is 6.07 Å². The van der Waals surface area contributed by atoms with Crippen molar-refractivity contribution in [3.63, 3.8) is 0 Å². The monoisotopic (exact) mass is 319 g/mol. The summed E-state index contributed by atoms with van der Waals surface area (Å²) in [6, 6.07) is 6.41. The summed E-state index contributed by atoms with van der Waals surface area (Å²) in [6.07, 6.45) is 1.56. The number of carbonyl (C=O) groups is 1. The Morgan fingerprint density at radius 3 is 2.78 bits per heavy atom. The largest absolute Gasteiger partial charge is 0.436 e. The number of rotatable bonds is 4. The Hall–Kier alpha value is -2.70. The smallest absolute Gasteiger partial charge is 0.318 e. The van der Waals surface area contributed by atoms with Crippen molar-refractivity contribution in [3.8, 4) is 11.6 Å². The number of nitrogens with zero attached hydrogens (tertiary/aromatic N) is 2. The van der Waals surface area contributed by atoms with Gasteiger partial charge in [-0.15, -0.1) is 0 Å². The van der Waals surface area contributed by atoms with Gasteiger partial charge in [0.25, 0.3) is 0 Å². The third kappa shape index (κ3) is 3.39. The predicted molar refractivity (Wildman–Crippen MR) is 79.1 cm³/mol. The summed E-state index contributed by atoms with van der Waals surface area (Å²) in [5, 5.41) is 2.76. The Morgan fingerprint density at radius 1 is 1.35 bits per heavy atom. The average Bonchev–Trinajstić information content (AvgIpc) is 2.84. The van der Waals surface area contributed by atoms with Gasteiger partial charge in [-0.05, 0) is 24.6 Å². The zero-order chi connectivity index (χ0) is 16.4. The number of nitrogens with one attached hydrogen (secondary N) is 1. The fourth-order valence-electron chi connectivity index (χ4n) is 2.31. The summed E-state index contributed by atoms with van der Waals surface area (Å²) in [4.78, 5) is 17.5. The molecule has 0 radical (unpaired) electrons. The van der Waals surface area contributed by atoms with E-state index in [-0.39, 0.29) is 23.7 Å². The third-order valence-electron chi connectivity index (χ3n) is 3.60. The molecule has 120 valence electrons. The van der Waals surface area contributed by atoms with Crippen molar-refractivity contribution >= 4 is 6.03 Å². The van der Waals surface area contributed by atoms with Crippen LogP contribution in [-0.2, 0) is 6.54 Å². The molecule has 1 N–H and O–H groups in total. The van der Waals surface area contributed by atoms with E-state index in [1.807, 2.05) is 6.92 Å². The standard InChI is InChI=1S/C16H15F2N3O2/c1-10-7-20-16(22)21(10)9-11-2-5-15(19-8-11)23-14-4-3-12(17)6-13(14)18/h2-6,8,10H,7,9H2,1H3,(H,20,22)/t10-/m0/s1. The predicted octanol–water partition coefficient (Wildman–Crippen LogP) is 3.07. The van der Waals surface area contributed by atoms with Crippen molar-refractivity contribution in [2.45, 2.75) is 19.5 Å². The third-order valence-corrected chi connectivity index (χ3v) is 3.60. The highest BCUT2D eigenvalue weighted by Gasteiger charge is 2.26. The van der Waals surface area contributed by atoms with Crippen LogP contribution in [0.5, 0.6) is 11.6 Å². The molecular weight excluding hydrogens is 304 g/mol. The fourth-order valence-corrected chi connectivity index (χ4v) is 2.31. The van der Waals surface area contributed by atoms with Crippen molar-refractivity contribution in [1.82, 2.24) is 15.2 Å². The number of hydrogen-bond acceptors (Lipinski definition) is 3. The molecular formula is C16H15F2N3O2. The molecule has 2 aromatic rings. The van der Waals surface area contributed by atoms with Gasteiger partial charge in [0, 0.05) is 37.5 Å². The first-order chi connectivity index (χ1) is 11.0. The van der Waals surface area contributed by atoms with Crippen molar-refractivity contribution in [1.29, 1.82) is 0 Å². The Bertz CT molecular complexity index is 722. The summed E-state index contributed by atoms with van der Waals surface area (Å²) in [5.41, 5.74) is 0.834. The Labute approximate surface area is 131 Å². The average molecular weight is 319 g/mol. The lowest BCUT2D eigenvalue weighted by Gasteiger charge is -2.19. The van der Waals surface area contributed by atoms with E-state index in [0.717, 1.165) is 17.7 Å². The highest BCUT2D eigenvalue weighted by atomic mass is 19.1. The molecule has 1 aliphatic rings. The van der Waals surface area contributed by atoms with Crippen molar-refractivity contribution in [2.75, 3.05) is 6.54 Å². The number of aromatic nitrogens is 1. The van der Waals surface area contributed by atoms with E-state index in [1.54, 1.807) is 23.2 Å². The molecule has 5 nitrogen and oxygen atoms in total. The molecule has 1 saturated heterocycles. The van der Waals surface area contributed by atoms with Gasteiger partial charge in [-0.3, -0.25) is 0 Å². The molecule has 7 heteroatoms. The molecule has 2 amide bonds. The van der Waals surface area contributed by atoms with Gasteiger partial charge in [-0.2, -0.15) is 0 Å². The highest BCUT2D eigenvalue weighted by Crippen LogP contribution is 2.24. The van der Waals surface area contributed by atoms with Crippen LogP contribution in [0, 0.1) is 11.6 Å². The maximum atomic E-state index is 13.5. The number of amides is 2. The van der Waals surface area contributed by atoms with Crippen LogP contribution in [0.25, 0.3) is 0 Å². The molecule has 0 aliphatic carbocycles. The van der Waals surface area contributed by atoms with Gasteiger partial charge in [0.2, 0.25) is 5.88 Å². The molecule has 0 spiro atoms. The molecule has 23 heavy (non-hydrogen) atoms. The fraction of sp³-hybridized carbons (Fsp3) is 0.250. The van der Waals surface area contributed by atoms with E-state index >= 15 is 0 Å². The number of halogens is 2. The van der Waals surface area contributed by atoms with Crippen LogP contribution in [-0.4, -0.2) is 28.5 Å². The van der Waals surface area contributed by atoms with E-state index in [2.05, 4.69) is 10.3 Å². The maximum absolute atomic E-state index is 13.5. The first kappa shape index (κ1) is 15.2. The van der Waals surface area contributed by atoms with E-state index in [9.17, 15) is 13.6 Å². The molecule has 3 rings (SSSR count). The summed E-state index contributed by atoms with van der Waals surface area (Å²) in [6.45, 7) is 3.02. The van der Waals surface area contributed by atoms with Gasteiger partial charge in [0.05, 0.1) is 0 Å². The lowest BCUT2D eigenvalue weighted by Crippen LogP contribution is -2.31. The van der Waals surface area contributed by atoms with Crippen LogP contribution in [0.4, 0.5) is 13.6 Å². The minimum Gasteiger partial charge on any atom is -0.436 e. The second-order valence-corrected chi connectivity index (χ2v) is 5.34. The van der Waals surface area contributed by atoms with Gasteiger partial charge < -0.3 is 15.0 Å². The number of hydrogen-bond donors (Lipinski definition) is 1. The number of benzene rings is 1. The molecule has 1 atom stereocenters. The first-order valence-corrected chi connectivity index (χ1v) is 7.15. The molecule has 1 aromatic heterocycles. The molecule has 1 aliphatic heterocycles. The zero-order valence-corrected chi connectivity index (χ0v) is 12.4. The van der Waals surface area contributed by atoms with Crippen LogP contribution in [0.2, 0.25) is 0 Å². The molecule has 1 fully saturated rings. The number of ether oxygens (including phenoxy) is 1. The number of carbonyl (C=O) groups excluding carboxylic acids is 1. The molecule has 0 unspecified atom stereocenters. The first-order valence-electron chi connectivity index (χ1n) is 7.15. The number of urea groups is 1. The van der Waals surface area contributed by atoms with Crippen LogP contribution < -0.4 is 10.1 Å². The van der Waals surface area contributed by atoms with E-state index in [1.165, 1.54) is 6.07 Å². The van der Waals surface area contributed by atoms with Crippen molar-refractivity contribution in [2.24, 2.45) is 0 Å². The Morgan fingerprint density at radius 2 is 2.17 bits per heavy atom. The lowest BCUT2D eigenvalue weighted by molar-refractivity contribution is 0.204. The Kier molecular flexibility index (Phi) is 4.10. The topological polar surface area (TPSA) is 54.5 Å². The van der Waals surface area contributed by atoms with Gasteiger partial charge in [0.1, 0.15) is 5.82 Å². The molecule has 2 heterocycles. The molecule has 0 saturated carbocycles. The van der Waals surface area contributed by atoms with E-state index in [4.69, 9.17) is 4.74 Å². The second kappa shape index (κ2) is 6.20. The van der Waals surface area contributed by atoms with E-state index in [0.29, 0.717) is 13.1 Å². The van der Waals surface area contributed by atoms with Crippen LogP contribution in [0.3, 0.4) is 0 Å². The lowest BCUT2D eigenvalue weighted by atomic mass is 10.2. The van der Waals surface area contributed by atoms with Gasteiger partial charge in [0.15, 0.2) is 11.6 Å². The van der Waals surface area contributed by atoms with Crippen LogP contribution >= 0.6 is 0 Å². The van der Waals surface area contributed by atoms with Crippen molar-refractivity contribution < 1.29 is 18.3 Å². The Balaban J connectivity index is 1.68. The quantitative estimate of drug-likeness (QED) is 0.942. The summed E-state index contributed by atoms with van der Waals surface area (Å²) < 4.78 is 31.7. The maximum Gasteiger partial charge on any atom is 0.318 e. The highest BCUT2D eigenvalue weighted by molar-refractivity contribution is 5.76. The second-order valence-electron chi connectivity index (χ2n) is 5.34. The summed E-state index contributed by atoms with van der Waals surface area (Å²) >= 11 is 0. The van der Waals surface area contributed by atoms with Gasteiger partial charge >= 0.3 is 6.03 Å². The van der Waals surface area contributed by atoms with Crippen molar-refractivity contribution in [3.05, 3.63) is 53.7 Å². The normalized spacial score (nSPS) is 17.3. The van der Waals surface area contributed by atoms with E-state index < -0.39 is 11.6 Å². The SMILES string of the molecule is C[C@H]1CNC(=O)N1Cc1ccc(Oc2ccc(F)cc2F)nc1.